The third-order valence-electron chi connectivity index (χ3n) is 21.7. The first-order chi connectivity index (χ1) is 58.2. The molecule has 4 fully saturated rings. The summed E-state index contributed by atoms with van der Waals surface area (Å²) >= 11 is 0. The van der Waals surface area contributed by atoms with Crippen molar-refractivity contribution < 1.29 is 52.5 Å². The van der Waals surface area contributed by atoms with E-state index < -0.39 is 44.3 Å². The topological polar surface area (TPSA) is 388 Å². The molecule has 0 bridgehead atoms. The summed E-state index contributed by atoms with van der Waals surface area (Å²) in [6.45, 7) is 17.4. The molecular formula is C86H92N18O17. The molecule has 4 aromatic carbocycles. The smallest absolute Gasteiger partial charge is 0.357 e. The molecule has 0 unspecified atom stereocenters. The number of nitrogens with zero attached hydrogens (tertiary/aromatic N) is 17. The molecule has 1 N–H and O–H groups in total. The number of furan rings is 1. The number of rotatable bonds is 15. The van der Waals surface area contributed by atoms with Crippen LogP contribution >= 0.6 is 0 Å². The third-order valence-corrected chi connectivity index (χ3v) is 21.7. The minimum absolute atomic E-state index is 0.0425. The first-order valence-corrected chi connectivity index (χ1v) is 39.7. The molecule has 121 heavy (non-hydrogen) atoms. The number of amides is 4. The summed E-state index contributed by atoms with van der Waals surface area (Å²) < 4.78 is 21.6. The number of H-pyrrole nitrogens is 1. The van der Waals surface area contributed by atoms with Crippen LogP contribution in [0.4, 0.5) is 34.1 Å². The van der Waals surface area contributed by atoms with E-state index in [-0.39, 0.29) is 64.5 Å². The first kappa shape index (κ1) is 84.5. The van der Waals surface area contributed by atoms with Crippen molar-refractivity contribution in [3.63, 3.8) is 0 Å². The molecular weight excluding hydrogens is 1560 g/mol. The molecule has 4 saturated heterocycles. The Morgan fingerprint density at radius 1 is 0.471 bits per heavy atom. The molecule has 35 heteroatoms. The number of carbonyl (C=O) groups excluding carboxylic acids is 6. The highest BCUT2D eigenvalue weighted by molar-refractivity contribution is 6.08. The summed E-state index contributed by atoms with van der Waals surface area (Å²) in [6, 6.07) is 36.1. The number of anilines is 4. The molecule has 0 saturated carbocycles. The van der Waals surface area contributed by atoms with E-state index >= 15 is 0 Å². The van der Waals surface area contributed by atoms with Crippen LogP contribution in [0.1, 0.15) is 93.2 Å². The van der Waals surface area contributed by atoms with Crippen LogP contribution in [-0.4, -0.2) is 222 Å². The molecule has 35 nitrogen and oxygen atoms in total. The molecule has 628 valence electrons. The molecule has 5 aliphatic rings. The van der Waals surface area contributed by atoms with Gasteiger partial charge in [-0.05, 0) is 73.9 Å². The lowest BCUT2D eigenvalue weighted by molar-refractivity contribution is -0.385. The number of aromatic nitrogens is 7. The van der Waals surface area contributed by atoms with E-state index in [2.05, 4.69) is 40.7 Å². The lowest BCUT2D eigenvalue weighted by atomic mass is 9.96. The number of hydrogen-bond donors (Lipinski definition) is 1. The van der Waals surface area contributed by atoms with E-state index in [1.54, 1.807) is 136 Å². The van der Waals surface area contributed by atoms with Gasteiger partial charge in [-0.2, -0.15) is 0 Å². The number of hydrogen-bond acceptors (Lipinski definition) is 24. The SMILES string of the molecule is CCOC(=O)c1c(N2CCN(C(=O)C3=CCC=N3)CC2)c2ccccc2n(C)c1=O.CCOC(=O)c1c(N2CCN(C(=O)c3ccco3)CC2)c2ccccc2n(CC(C)(C)C)c1=O.Cn1c(=O)c([N+](=O)[O-])c(N2CCN(C(=O)c3ccncc3)CC2)c2ccccc21.Cn1c(=O)c([N+](=O)[O-])c(N2CCN(C(=O)c3cnc[nH]3)CC2)c2ccccc21. The Hall–Kier alpha value is -14.4. The van der Waals surface area contributed by atoms with Crippen LogP contribution in [0.25, 0.3) is 43.6 Å². The zero-order valence-electron chi connectivity index (χ0n) is 68.3. The standard InChI is InChI=1S/C26H31N3O5.C22H24N4O4.C20H19N5O4.C18H18N6O4/c1-5-33-25(32)21-22(27-12-14-28(15-13-27)23(30)20-11-8-16-34-20)18-9-6-7-10-19(18)29(24(21)31)17-26(2,3)4;1-3-30-22(29)18-19(15-7-4-5-9-17(15)24(2)21(18)28)25-11-13-26(14-12-25)20(27)16-8-6-10-23-16;1-22-16-5-3-2-4-15(16)17(18(20(22)27)25(28)29)23-10-12-24(13-11-23)19(26)14-6-8-21-9-7-14;1-21-14-5-3-2-4-12(14)15(16(18(21)26)24(27)28)22-6-8-23(9-7-22)17(25)13-10-19-11-20-13/h6-11,16H,5,12-15,17H2,1-4H3;4-5,7-10H,3,6,11-14H2,1-2H3;2-9H,10-13H2,1H3;2-5,10-11H,6-9H2,1H3,(H,19,20). The van der Waals surface area contributed by atoms with Gasteiger partial charge in [0, 0.05) is 185 Å². The molecule has 0 atom stereocenters. The minimum atomic E-state index is -0.644. The second kappa shape index (κ2) is 36.6. The highest BCUT2D eigenvalue weighted by atomic mass is 16.6. The second-order valence-corrected chi connectivity index (χ2v) is 30.3. The number of pyridine rings is 5. The number of para-hydroxylation sites is 4. The van der Waals surface area contributed by atoms with Crippen molar-refractivity contribution in [2.75, 3.05) is 138 Å². The summed E-state index contributed by atoms with van der Waals surface area (Å²) in [5.41, 5.74) is 3.06. The molecule has 0 aliphatic carbocycles. The largest absolute Gasteiger partial charge is 0.462 e. The van der Waals surface area contributed by atoms with Crippen LogP contribution in [0, 0.1) is 25.6 Å². The maximum Gasteiger partial charge on any atom is 0.357 e. The number of nitro groups is 2. The van der Waals surface area contributed by atoms with Gasteiger partial charge in [0.25, 0.3) is 34.7 Å². The number of allylic oxidation sites excluding steroid dienone is 1. The number of fused-ring (bicyclic) bond motifs is 4. The fraction of sp³-hybridized carbons (Fsp3) is 0.337. The van der Waals surface area contributed by atoms with E-state index in [4.69, 9.17) is 13.9 Å². The summed E-state index contributed by atoms with van der Waals surface area (Å²) in [7, 11) is 4.72. The lowest BCUT2D eigenvalue weighted by Crippen LogP contribution is -2.50. The minimum Gasteiger partial charge on any atom is -0.462 e. The van der Waals surface area contributed by atoms with Crippen molar-refractivity contribution in [3.05, 3.63) is 254 Å². The fourth-order valence-corrected chi connectivity index (χ4v) is 15.8. The van der Waals surface area contributed by atoms with Crippen LogP contribution < -0.4 is 41.8 Å². The predicted molar refractivity (Wildman–Crippen MR) is 456 cm³/mol. The highest BCUT2D eigenvalue weighted by Gasteiger charge is 2.37. The molecule has 16 rings (SSSR count). The average Bonchev–Trinajstić information content (AvgIpc) is 1.43. The summed E-state index contributed by atoms with van der Waals surface area (Å²) in [4.78, 5) is 180. The van der Waals surface area contributed by atoms with Gasteiger partial charge < -0.3 is 76.3 Å². The zero-order valence-corrected chi connectivity index (χ0v) is 68.3. The predicted octanol–water partition coefficient (Wildman–Crippen LogP) is 8.44. The Kier molecular flexibility index (Phi) is 25.6. The van der Waals surface area contributed by atoms with Crippen LogP contribution in [-0.2, 0) is 42.0 Å². The Labute approximate surface area is 692 Å². The van der Waals surface area contributed by atoms with Crippen LogP contribution in [0.2, 0.25) is 0 Å². The van der Waals surface area contributed by atoms with Gasteiger partial charge in [-0.15, -0.1) is 0 Å². The van der Waals surface area contributed by atoms with Gasteiger partial charge in [0.1, 0.15) is 33.9 Å². The molecule has 7 aromatic heterocycles. The number of nitrogens with one attached hydrogen (secondary N) is 1. The molecule has 5 aliphatic heterocycles. The van der Waals surface area contributed by atoms with Gasteiger partial charge in [-0.3, -0.25) is 68.6 Å². The Balaban J connectivity index is 0.000000140. The lowest BCUT2D eigenvalue weighted by Gasteiger charge is -2.37. The van der Waals surface area contributed by atoms with Crippen molar-refractivity contribution in [2.45, 2.75) is 47.6 Å². The van der Waals surface area contributed by atoms with Gasteiger partial charge in [-0.1, -0.05) is 93.6 Å². The Morgan fingerprint density at radius 2 is 0.868 bits per heavy atom. The number of piperazine rings is 4. The molecule has 11 aromatic rings. The molecule has 4 amide bonds. The van der Waals surface area contributed by atoms with Crippen molar-refractivity contribution in [2.24, 2.45) is 31.6 Å². The maximum atomic E-state index is 13.7. The van der Waals surface area contributed by atoms with E-state index in [0.717, 1.165) is 21.8 Å². The zero-order chi connectivity index (χ0) is 86.1. The third kappa shape index (κ3) is 17.6. The normalized spacial score (nSPS) is 14.8. The fourth-order valence-electron chi connectivity index (χ4n) is 15.8. The monoisotopic (exact) mass is 1650 g/mol. The van der Waals surface area contributed by atoms with E-state index in [1.807, 2.05) is 74.2 Å². The number of aryl methyl sites for hydroxylation is 3. The van der Waals surface area contributed by atoms with Crippen LogP contribution in [0.15, 0.2) is 193 Å². The second-order valence-electron chi connectivity index (χ2n) is 30.3. The van der Waals surface area contributed by atoms with Crippen molar-refractivity contribution in [1.82, 2.24) is 52.8 Å². The number of imidazole rings is 1. The van der Waals surface area contributed by atoms with E-state index in [0.29, 0.717) is 185 Å². The van der Waals surface area contributed by atoms with Gasteiger partial charge in [-0.25, -0.2) is 14.6 Å². The molecule has 0 spiro atoms. The number of carbonyl (C=O) groups is 6. The highest BCUT2D eigenvalue weighted by Crippen LogP contribution is 2.38. The van der Waals surface area contributed by atoms with E-state index in [1.165, 1.54) is 46.6 Å². The van der Waals surface area contributed by atoms with Gasteiger partial charge >= 0.3 is 34.4 Å². The number of esters is 2. The van der Waals surface area contributed by atoms with Crippen molar-refractivity contribution in [3.8, 4) is 0 Å². The van der Waals surface area contributed by atoms with Gasteiger partial charge in [0.2, 0.25) is 0 Å². The maximum absolute atomic E-state index is 13.7. The van der Waals surface area contributed by atoms with E-state index in [9.17, 15) is 68.2 Å². The first-order valence-electron chi connectivity index (χ1n) is 39.7. The van der Waals surface area contributed by atoms with Gasteiger partial charge in [0.05, 0.1) is 75.3 Å². The summed E-state index contributed by atoms with van der Waals surface area (Å²) in [5.74, 6) is -1.46. The van der Waals surface area contributed by atoms with Crippen molar-refractivity contribution >= 4 is 120 Å². The average molecular weight is 1650 g/mol. The quantitative estimate of drug-likeness (QED) is 0.0571. The van der Waals surface area contributed by atoms with Crippen LogP contribution in [0.5, 0.6) is 0 Å². The van der Waals surface area contributed by atoms with Crippen molar-refractivity contribution in [1.29, 1.82) is 0 Å². The Morgan fingerprint density at radius 3 is 1.27 bits per heavy atom. The van der Waals surface area contributed by atoms with Gasteiger partial charge in [0.15, 0.2) is 5.76 Å². The number of aliphatic imine (C=N–C) groups is 1. The Bertz CT molecular complexity index is 6120. The number of ether oxygens (including phenoxy) is 2. The molecule has 12 heterocycles. The number of benzene rings is 4. The summed E-state index contributed by atoms with van der Waals surface area (Å²) in [5, 5.41) is 26.4. The number of aromatic amines is 1. The molecule has 0 radical (unpaired) electrons. The summed E-state index contributed by atoms with van der Waals surface area (Å²) in [6.07, 6.45) is 11.8. The van der Waals surface area contributed by atoms with Crippen LogP contribution in [0.3, 0.4) is 0 Å².